The standard InChI is InChI=1S/C30H38N4O5/c35-26(25(32-30(37)38)17-21-9-3-1-4-10-21)20-34(19-22-11-5-2-6-12-22)28(36)23-13-14-24-27(18-23)39-29(31-24)33-15-7-8-16-33/h1,3-4,9-10,13-14,18,22,25-26,32,35H,2,5-8,11-12,15-17,19-20H2,(H,37,38)/t25?,26-/m1/s1. The van der Waals surface area contributed by atoms with Crippen LogP contribution in [0.5, 0.6) is 0 Å². The number of aliphatic hydroxyl groups excluding tert-OH is 1. The molecule has 3 N–H and O–H groups in total. The summed E-state index contributed by atoms with van der Waals surface area (Å²) in [6.07, 6.45) is 5.83. The molecule has 2 aliphatic rings. The van der Waals surface area contributed by atoms with Crippen LogP contribution in [0.15, 0.2) is 52.9 Å². The Morgan fingerprint density at radius 1 is 1.05 bits per heavy atom. The van der Waals surface area contributed by atoms with Gasteiger partial charge in [0.05, 0.1) is 12.1 Å². The summed E-state index contributed by atoms with van der Waals surface area (Å²) in [7, 11) is 0. The zero-order valence-corrected chi connectivity index (χ0v) is 22.3. The van der Waals surface area contributed by atoms with Crippen molar-refractivity contribution in [2.45, 2.75) is 63.5 Å². The Bertz CT molecular complexity index is 1250. The van der Waals surface area contributed by atoms with E-state index < -0.39 is 18.2 Å². The van der Waals surface area contributed by atoms with Crippen LogP contribution in [0.4, 0.5) is 10.8 Å². The molecule has 1 aliphatic heterocycles. The molecule has 1 unspecified atom stereocenters. The summed E-state index contributed by atoms with van der Waals surface area (Å²) in [5, 5.41) is 23.2. The number of aliphatic hydroxyl groups is 1. The summed E-state index contributed by atoms with van der Waals surface area (Å²) in [6.45, 7) is 2.38. The van der Waals surface area contributed by atoms with Gasteiger partial charge in [0, 0.05) is 31.7 Å². The molecule has 0 bridgehead atoms. The van der Waals surface area contributed by atoms with Gasteiger partial charge >= 0.3 is 6.09 Å². The van der Waals surface area contributed by atoms with Crippen LogP contribution in [-0.4, -0.2) is 70.4 Å². The van der Waals surface area contributed by atoms with Crippen LogP contribution in [0, 0.1) is 5.92 Å². The number of rotatable bonds is 10. The number of hydrogen-bond donors (Lipinski definition) is 3. The first-order chi connectivity index (χ1) is 19.0. The van der Waals surface area contributed by atoms with Gasteiger partial charge in [-0.15, -0.1) is 0 Å². The minimum Gasteiger partial charge on any atom is -0.465 e. The van der Waals surface area contributed by atoms with Gasteiger partial charge in [-0.3, -0.25) is 4.79 Å². The van der Waals surface area contributed by atoms with Crippen LogP contribution in [-0.2, 0) is 6.42 Å². The van der Waals surface area contributed by atoms with E-state index in [4.69, 9.17) is 4.42 Å². The molecule has 39 heavy (non-hydrogen) atoms. The molecule has 0 radical (unpaired) electrons. The quantitative estimate of drug-likeness (QED) is 0.345. The highest BCUT2D eigenvalue weighted by Gasteiger charge is 2.29. The van der Waals surface area contributed by atoms with Crippen molar-refractivity contribution in [3.05, 3.63) is 59.7 Å². The molecule has 1 aromatic heterocycles. The lowest BCUT2D eigenvalue weighted by molar-refractivity contribution is 0.0479. The van der Waals surface area contributed by atoms with E-state index in [0.717, 1.165) is 57.2 Å². The summed E-state index contributed by atoms with van der Waals surface area (Å²) in [5.74, 6) is 0.153. The minimum atomic E-state index is -1.20. The van der Waals surface area contributed by atoms with E-state index >= 15 is 0 Å². The average Bonchev–Trinajstić information content (AvgIpc) is 3.63. The van der Waals surface area contributed by atoms with Crippen molar-refractivity contribution in [2.24, 2.45) is 5.92 Å². The van der Waals surface area contributed by atoms with Crippen molar-refractivity contribution in [2.75, 3.05) is 31.1 Å². The van der Waals surface area contributed by atoms with Crippen molar-refractivity contribution in [1.82, 2.24) is 15.2 Å². The number of carbonyl (C=O) groups is 2. The molecule has 1 saturated carbocycles. The van der Waals surface area contributed by atoms with Crippen molar-refractivity contribution in [1.29, 1.82) is 0 Å². The van der Waals surface area contributed by atoms with Crippen molar-refractivity contribution in [3.8, 4) is 0 Å². The highest BCUT2D eigenvalue weighted by atomic mass is 16.4. The van der Waals surface area contributed by atoms with Gasteiger partial charge in [-0.1, -0.05) is 49.6 Å². The second kappa shape index (κ2) is 12.5. The Morgan fingerprint density at radius 2 is 1.79 bits per heavy atom. The topological polar surface area (TPSA) is 119 Å². The maximum Gasteiger partial charge on any atom is 0.404 e. The number of carboxylic acid groups (broad SMARTS) is 1. The largest absolute Gasteiger partial charge is 0.465 e. The Hall–Kier alpha value is -3.59. The van der Waals surface area contributed by atoms with Gasteiger partial charge in [-0.2, -0.15) is 4.98 Å². The molecule has 2 fully saturated rings. The highest BCUT2D eigenvalue weighted by Crippen LogP contribution is 2.28. The van der Waals surface area contributed by atoms with Gasteiger partial charge in [0.1, 0.15) is 5.52 Å². The predicted octanol–water partition coefficient (Wildman–Crippen LogP) is 4.69. The summed E-state index contributed by atoms with van der Waals surface area (Å²) in [5.41, 5.74) is 2.65. The molecule has 0 spiro atoms. The number of oxazole rings is 1. The second-order valence-electron chi connectivity index (χ2n) is 10.9. The van der Waals surface area contributed by atoms with E-state index in [9.17, 15) is 19.8 Å². The van der Waals surface area contributed by atoms with E-state index in [1.54, 1.807) is 17.0 Å². The van der Waals surface area contributed by atoms with Gasteiger partial charge in [0.2, 0.25) is 0 Å². The van der Waals surface area contributed by atoms with E-state index in [1.807, 2.05) is 36.4 Å². The molecule has 1 saturated heterocycles. The highest BCUT2D eigenvalue weighted by molar-refractivity contribution is 5.97. The third-order valence-corrected chi connectivity index (χ3v) is 7.97. The number of fused-ring (bicyclic) bond motifs is 1. The van der Waals surface area contributed by atoms with Crippen LogP contribution < -0.4 is 10.2 Å². The van der Waals surface area contributed by atoms with Crippen molar-refractivity contribution in [3.63, 3.8) is 0 Å². The molecule has 2 aromatic carbocycles. The molecule has 3 aromatic rings. The number of carbonyl (C=O) groups excluding carboxylic acids is 1. The maximum absolute atomic E-state index is 13.9. The Balaban J connectivity index is 1.36. The molecule has 9 nitrogen and oxygen atoms in total. The van der Waals surface area contributed by atoms with Gasteiger partial charge < -0.3 is 29.7 Å². The first-order valence-electron chi connectivity index (χ1n) is 14.1. The summed E-state index contributed by atoms with van der Waals surface area (Å²) in [4.78, 5) is 33.9. The van der Waals surface area contributed by atoms with Crippen LogP contribution in [0.25, 0.3) is 11.1 Å². The molecule has 2 amide bonds. The van der Waals surface area contributed by atoms with Crippen molar-refractivity contribution >= 4 is 29.1 Å². The zero-order valence-electron chi connectivity index (χ0n) is 22.3. The summed E-state index contributed by atoms with van der Waals surface area (Å²) >= 11 is 0. The smallest absolute Gasteiger partial charge is 0.404 e. The van der Waals surface area contributed by atoms with Gasteiger partial charge in [-0.25, -0.2) is 4.79 Å². The van der Waals surface area contributed by atoms with Gasteiger partial charge in [0.25, 0.3) is 11.9 Å². The van der Waals surface area contributed by atoms with Crippen molar-refractivity contribution < 1.29 is 24.2 Å². The van der Waals surface area contributed by atoms with E-state index in [1.165, 1.54) is 6.42 Å². The Morgan fingerprint density at radius 3 is 2.51 bits per heavy atom. The molecule has 2 atom stereocenters. The average molecular weight is 535 g/mol. The lowest BCUT2D eigenvalue weighted by atomic mass is 9.88. The number of anilines is 1. The molecule has 5 rings (SSSR count). The fraction of sp³-hybridized carbons (Fsp3) is 0.500. The fourth-order valence-corrected chi connectivity index (χ4v) is 5.86. The third-order valence-electron chi connectivity index (χ3n) is 7.97. The van der Waals surface area contributed by atoms with Gasteiger partial charge in [-0.05, 0) is 61.8 Å². The monoisotopic (exact) mass is 534 g/mol. The number of nitrogens with zero attached hydrogens (tertiary/aromatic N) is 3. The van der Waals surface area contributed by atoms with E-state index in [0.29, 0.717) is 41.6 Å². The number of hydrogen-bond acceptors (Lipinski definition) is 6. The number of benzene rings is 2. The Labute approximate surface area is 228 Å². The molecule has 208 valence electrons. The van der Waals surface area contributed by atoms with E-state index in [-0.39, 0.29) is 12.5 Å². The number of nitrogens with one attached hydrogen (secondary N) is 1. The first-order valence-corrected chi connectivity index (χ1v) is 14.1. The molecule has 9 heteroatoms. The normalized spacial score (nSPS) is 17.7. The predicted molar refractivity (Wildman–Crippen MR) is 149 cm³/mol. The summed E-state index contributed by atoms with van der Waals surface area (Å²) < 4.78 is 6.02. The molecule has 1 aliphatic carbocycles. The first kappa shape index (κ1) is 27.0. The molecular formula is C30H38N4O5. The number of amides is 2. The molecular weight excluding hydrogens is 496 g/mol. The SMILES string of the molecule is O=C(O)NC(Cc1ccccc1)[C@H](O)CN(CC1CCCCC1)C(=O)c1ccc2nc(N3CCCC3)oc2c1. The van der Waals surface area contributed by atoms with E-state index in [2.05, 4.69) is 15.2 Å². The van der Waals surface area contributed by atoms with Crippen LogP contribution in [0.1, 0.15) is 60.9 Å². The second-order valence-corrected chi connectivity index (χ2v) is 10.9. The van der Waals surface area contributed by atoms with Gasteiger partial charge in [0.15, 0.2) is 5.58 Å². The van der Waals surface area contributed by atoms with Crippen LogP contribution in [0.2, 0.25) is 0 Å². The Kier molecular flexibility index (Phi) is 8.66. The number of aromatic nitrogens is 1. The summed E-state index contributed by atoms with van der Waals surface area (Å²) in [6, 6.07) is 14.6. The fourth-order valence-electron chi connectivity index (χ4n) is 5.86. The van der Waals surface area contributed by atoms with Crippen LogP contribution >= 0.6 is 0 Å². The zero-order chi connectivity index (χ0) is 27.2. The molecule has 2 heterocycles. The van der Waals surface area contributed by atoms with Crippen LogP contribution in [0.3, 0.4) is 0 Å². The minimum absolute atomic E-state index is 0.0284. The third kappa shape index (κ3) is 6.89. The maximum atomic E-state index is 13.9. The lowest BCUT2D eigenvalue weighted by Gasteiger charge is -2.33. The lowest BCUT2D eigenvalue weighted by Crippen LogP contribution is -2.51.